The Morgan fingerprint density at radius 1 is 1.40 bits per heavy atom. The molecular formula is C9H10NNaO3S. The van der Waals surface area contributed by atoms with Crippen molar-refractivity contribution in [2.75, 3.05) is 5.32 Å². The number of carbonyl (C=O) groups excluding carboxylic acids is 1. The van der Waals surface area contributed by atoms with Gasteiger partial charge in [0.15, 0.2) is 0 Å². The Hall–Kier alpha value is -0.200. The van der Waals surface area contributed by atoms with Crippen molar-refractivity contribution in [2.45, 2.75) is 18.2 Å². The van der Waals surface area contributed by atoms with Crippen LogP contribution < -0.4 is 34.9 Å². The predicted octanol–water partition coefficient (Wildman–Crippen LogP) is -1.72. The molecule has 0 aliphatic heterocycles. The van der Waals surface area contributed by atoms with Crippen molar-refractivity contribution in [2.24, 2.45) is 0 Å². The summed E-state index contributed by atoms with van der Waals surface area (Å²) in [4.78, 5) is 11.2. The average Bonchev–Trinajstić information content (AvgIpc) is 2.18. The molecule has 15 heavy (non-hydrogen) atoms. The van der Waals surface area contributed by atoms with Gasteiger partial charge in [-0.15, -0.1) is 0 Å². The summed E-state index contributed by atoms with van der Waals surface area (Å²) in [6.07, 6.45) is 0.398. The molecule has 0 aliphatic rings. The third-order valence-corrected chi connectivity index (χ3v) is 2.31. The molecule has 6 heteroatoms. The molecule has 0 heterocycles. The molecule has 1 aromatic carbocycles. The first-order valence-corrected chi connectivity index (χ1v) is 5.20. The molecule has 0 spiro atoms. The Kier molecular flexibility index (Phi) is 7.04. The number of rotatable bonds is 3. The zero-order chi connectivity index (χ0) is 10.6. The van der Waals surface area contributed by atoms with Gasteiger partial charge in [0, 0.05) is 17.0 Å². The minimum atomic E-state index is -2.21. The van der Waals surface area contributed by atoms with Gasteiger partial charge < -0.3 is 9.87 Å². The van der Waals surface area contributed by atoms with Crippen LogP contribution in [-0.2, 0) is 15.9 Å². The van der Waals surface area contributed by atoms with Gasteiger partial charge in [-0.3, -0.25) is 9.00 Å². The molecule has 0 radical (unpaired) electrons. The molecule has 1 N–H and O–H groups in total. The molecule has 1 unspecified atom stereocenters. The molecule has 76 valence electrons. The summed E-state index contributed by atoms with van der Waals surface area (Å²) in [6.45, 7) is 1.75. The van der Waals surface area contributed by atoms with Gasteiger partial charge in [-0.25, -0.2) is 0 Å². The topological polar surface area (TPSA) is 69.2 Å². The van der Waals surface area contributed by atoms with Crippen LogP contribution in [0.5, 0.6) is 0 Å². The second-order valence-corrected chi connectivity index (χ2v) is 3.60. The van der Waals surface area contributed by atoms with Gasteiger partial charge in [0.25, 0.3) is 0 Å². The first-order chi connectivity index (χ1) is 6.63. The van der Waals surface area contributed by atoms with E-state index in [4.69, 9.17) is 0 Å². The van der Waals surface area contributed by atoms with E-state index in [1.165, 1.54) is 12.1 Å². The maximum absolute atomic E-state index is 11.0. The van der Waals surface area contributed by atoms with E-state index in [0.29, 0.717) is 12.1 Å². The number of hydrogen-bond acceptors (Lipinski definition) is 3. The zero-order valence-electron chi connectivity index (χ0n) is 8.65. The molecule has 0 saturated heterocycles. The van der Waals surface area contributed by atoms with Gasteiger partial charge in [0.2, 0.25) is 5.91 Å². The van der Waals surface area contributed by atoms with E-state index in [9.17, 15) is 13.6 Å². The average molecular weight is 235 g/mol. The van der Waals surface area contributed by atoms with E-state index >= 15 is 0 Å². The van der Waals surface area contributed by atoms with Crippen molar-refractivity contribution >= 4 is 22.7 Å². The van der Waals surface area contributed by atoms with Crippen LogP contribution in [0.15, 0.2) is 29.2 Å². The van der Waals surface area contributed by atoms with E-state index in [1.54, 1.807) is 19.1 Å². The molecule has 1 amide bonds. The number of carbonyl (C=O) groups is 1. The largest absolute Gasteiger partial charge is 1.00 e. The molecule has 0 fully saturated rings. The fraction of sp³-hybridized carbons (Fsp3) is 0.222. The van der Waals surface area contributed by atoms with Crippen LogP contribution in [0.3, 0.4) is 0 Å². The molecule has 0 bridgehead atoms. The Morgan fingerprint density at radius 2 is 1.93 bits per heavy atom. The fourth-order valence-electron chi connectivity index (χ4n) is 0.899. The molecular weight excluding hydrogens is 225 g/mol. The molecule has 0 aromatic heterocycles. The van der Waals surface area contributed by atoms with Gasteiger partial charge in [0.1, 0.15) is 0 Å². The van der Waals surface area contributed by atoms with Crippen LogP contribution >= 0.6 is 0 Å². The SMILES string of the molecule is CCC(=O)Nc1ccc(S(=O)[O-])cc1.[Na+]. The van der Waals surface area contributed by atoms with Crippen molar-refractivity contribution in [1.82, 2.24) is 0 Å². The smallest absolute Gasteiger partial charge is 0.768 e. The first-order valence-electron chi connectivity index (χ1n) is 4.12. The van der Waals surface area contributed by atoms with E-state index < -0.39 is 11.1 Å². The van der Waals surface area contributed by atoms with Gasteiger partial charge >= 0.3 is 29.6 Å². The van der Waals surface area contributed by atoms with Crippen molar-refractivity contribution in [1.29, 1.82) is 0 Å². The maximum atomic E-state index is 11.0. The maximum Gasteiger partial charge on any atom is 1.00 e. The first kappa shape index (κ1) is 14.8. The Balaban J connectivity index is 0.00000196. The number of amides is 1. The summed E-state index contributed by atoms with van der Waals surface area (Å²) in [5, 5.41) is 2.62. The van der Waals surface area contributed by atoms with Crippen molar-refractivity contribution < 1.29 is 43.1 Å². The second kappa shape index (κ2) is 7.14. The monoisotopic (exact) mass is 235 g/mol. The summed E-state index contributed by atoms with van der Waals surface area (Å²) in [5.41, 5.74) is 0.603. The third-order valence-electron chi connectivity index (χ3n) is 1.65. The minimum absolute atomic E-state index is 0. The molecule has 1 atom stereocenters. The van der Waals surface area contributed by atoms with Crippen LogP contribution in [0.25, 0.3) is 0 Å². The standard InChI is InChI=1S/C9H11NO3S.Na/c1-2-9(11)10-7-3-5-8(6-4-7)14(12)13;/h3-6H,2H2,1H3,(H,10,11)(H,12,13);/q;+1/p-1. The van der Waals surface area contributed by atoms with Crippen molar-refractivity contribution in [3.63, 3.8) is 0 Å². The van der Waals surface area contributed by atoms with Crippen LogP contribution in [-0.4, -0.2) is 14.7 Å². The van der Waals surface area contributed by atoms with Gasteiger partial charge in [-0.05, 0) is 35.3 Å². The summed E-state index contributed by atoms with van der Waals surface area (Å²) in [5.74, 6) is -0.0963. The summed E-state index contributed by atoms with van der Waals surface area (Å²) >= 11 is -2.21. The summed E-state index contributed by atoms with van der Waals surface area (Å²) in [7, 11) is 0. The zero-order valence-corrected chi connectivity index (χ0v) is 11.5. The Bertz CT molecular complexity index is 353. The molecule has 1 rings (SSSR count). The second-order valence-electron chi connectivity index (χ2n) is 2.66. The van der Waals surface area contributed by atoms with Crippen LogP contribution in [0.1, 0.15) is 13.3 Å². The van der Waals surface area contributed by atoms with Gasteiger partial charge in [-0.1, -0.05) is 6.92 Å². The normalized spacial score (nSPS) is 11.3. The molecule has 0 saturated carbocycles. The number of anilines is 1. The summed E-state index contributed by atoms with van der Waals surface area (Å²) < 4.78 is 21.0. The van der Waals surface area contributed by atoms with Crippen LogP contribution in [0.2, 0.25) is 0 Å². The predicted molar refractivity (Wildman–Crippen MR) is 52.5 cm³/mol. The summed E-state index contributed by atoms with van der Waals surface area (Å²) in [6, 6.07) is 5.99. The number of hydrogen-bond donors (Lipinski definition) is 1. The Labute approximate surface area is 113 Å². The van der Waals surface area contributed by atoms with E-state index in [2.05, 4.69) is 5.32 Å². The van der Waals surface area contributed by atoms with Crippen molar-refractivity contribution in [3.05, 3.63) is 24.3 Å². The number of benzene rings is 1. The van der Waals surface area contributed by atoms with Crippen molar-refractivity contribution in [3.8, 4) is 0 Å². The van der Waals surface area contributed by atoms with Gasteiger partial charge in [0.05, 0.1) is 0 Å². The third kappa shape index (κ3) is 4.90. The minimum Gasteiger partial charge on any atom is -0.768 e. The number of nitrogens with one attached hydrogen (secondary N) is 1. The van der Waals surface area contributed by atoms with Crippen LogP contribution in [0, 0.1) is 0 Å². The van der Waals surface area contributed by atoms with E-state index in [0.717, 1.165) is 0 Å². The molecule has 0 aliphatic carbocycles. The van der Waals surface area contributed by atoms with Gasteiger partial charge in [-0.2, -0.15) is 0 Å². The fourth-order valence-corrected chi connectivity index (χ4v) is 1.26. The van der Waals surface area contributed by atoms with E-state index in [1.807, 2.05) is 0 Å². The quantitative estimate of drug-likeness (QED) is 0.500. The molecule has 1 aromatic rings. The molecule has 4 nitrogen and oxygen atoms in total. The van der Waals surface area contributed by atoms with E-state index in [-0.39, 0.29) is 40.4 Å². The Morgan fingerprint density at radius 3 is 2.33 bits per heavy atom. The van der Waals surface area contributed by atoms with Crippen LogP contribution in [0.4, 0.5) is 5.69 Å².